The molecule has 2 N–H and O–H groups in total. The second-order valence-corrected chi connectivity index (χ2v) is 9.83. The van der Waals surface area contributed by atoms with E-state index >= 15 is 0 Å². The molecule has 3 aromatic heterocycles. The van der Waals surface area contributed by atoms with Crippen LogP contribution < -0.4 is 5.32 Å². The number of nitrogens with zero attached hydrogens (tertiary/aromatic N) is 4. The quantitative estimate of drug-likeness (QED) is 0.392. The van der Waals surface area contributed by atoms with Gasteiger partial charge in [0.2, 0.25) is 5.88 Å². The Kier molecular flexibility index (Phi) is 6.93. The van der Waals surface area contributed by atoms with Gasteiger partial charge in [-0.05, 0) is 57.7 Å². The van der Waals surface area contributed by atoms with Crippen molar-refractivity contribution in [1.82, 2.24) is 24.8 Å². The average Bonchev–Trinajstić information content (AvgIpc) is 3.19. The van der Waals surface area contributed by atoms with E-state index in [1.165, 1.54) is 0 Å². The molecule has 1 unspecified atom stereocenters. The molecule has 8 heteroatoms. The molecule has 0 saturated carbocycles. The van der Waals surface area contributed by atoms with Crippen molar-refractivity contribution < 1.29 is 14.6 Å². The molecule has 4 aromatic rings. The van der Waals surface area contributed by atoms with Crippen molar-refractivity contribution in [3.63, 3.8) is 0 Å². The van der Waals surface area contributed by atoms with Crippen molar-refractivity contribution >= 4 is 16.9 Å². The van der Waals surface area contributed by atoms with Crippen molar-refractivity contribution in [3.8, 4) is 5.88 Å². The number of rotatable bonds is 6. The highest BCUT2D eigenvalue weighted by Gasteiger charge is 2.27. The summed E-state index contributed by atoms with van der Waals surface area (Å²) >= 11 is 0. The normalized spacial score (nSPS) is 15.1. The van der Waals surface area contributed by atoms with E-state index in [1.54, 1.807) is 6.20 Å². The number of amides is 1. The molecule has 1 saturated heterocycles. The van der Waals surface area contributed by atoms with Gasteiger partial charge >= 0.3 is 0 Å². The maximum Gasteiger partial charge on any atom is 0.254 e. The standard InChI is InChI=1S/C29H33N5O3/c1-17-14-18(2)32-28(35)23(17)15-31-29(36)25-20(4)34(19(3)21-8-6-5-7-9-21)27-24(25)16-30-26(33-27)22-10-12-37-13-11-22/h5-9,14,16,19,22H,10-13,15H2,1-4H3,(H,31,36)(H,32,35). The molecule has 1 aliphatic heterocycles. The van der Waals surface area contributed by atoms with Crippen molar-refractivity contribution in [2.75, 3.05) is 13.2 Å². The lowest BCUT2D eigenvalue weighted by Crippen LogP contribution is -2.24. The molecular formula is C29H33N5O3. The summed E-state index contributed by atoms with van der Waals surface area (Å²) in [5.74, 6) is 0.751. The van der Waals surface area contributed by atoms with E-state index in [-0.39, 0.29) is 30.3 Å². The second-order valence-electron chi connectivity index (χ2n) is 9.83. The summed E-state index contributed by atoms with van der Waals surface area (Å²) in [6.45, 7) is 9.40. The first kappa shape index (κ1) is 24.9. The summed E-state index contributed by atoms with van der Waals surface area (Å²) < 4.78 is 7.67. The van der Waals surface area contributed by atoms with Crippen LogP contribution in [-0.4, -0.2) is 43.7 Å². The van der Waals surface area contributed by atoms with Crippen LogP contribution in [0.2, 0.25) is 0 Å². The third-order valence-corrected chi connectivity index (χ3v) is 7.37. The molecule has 1 aliphatic rings. The zero-order valence-corrected chi connectivity index (χ0v) is 21.8. The van der Waals surface area contributed by atoms with Crippen LogP contribution in [0.15, 0.2) is 42.6 Å². The number of pyridine rings is 1. The Morgan fingerprint density at radius 1 is 1.16 bits per heavy atom. The number of carbonyl (C=O) groups is 1. The van der Waals surface area contributed by atoms with Gasteiger partial charge in [-0.15, -0.1) is 0 Å². The Morgan fingerprint density at radius 2 is 1.89 bits per heavy atom. The predicted octanol–water partition coefficient (Wildman–Crippen LogP) is 4.89. The van der Waals surface area contributed by atoms with Crippen molar-refractivity contribution in [2.24, 2.45) is 0 Å². The minimum Gasteiger partial charge on any atom is -0.493 e. The number of fused-ring (bicyclic) bond motifs is 1. The van der Waals surface area contributed by atoms with Gasteiger partial charge in [0.05, 0.1) is 17.0 Å². The Labute approximate surface area is 216 Å². The molecule has 0 bridgehead atoms. The lowest BCUT2D eigenvalue weighted by molar-refractivity contribution is 0.0836. The fraction of sp³-hybridized carbons (Fsp3) is 0.379. The van der Waals surface area contributed by atoms with Gasteiger partial charge in [0.1, 0.15) is 11.5 Å². The largest absolute Gasteiger partial charge is 0.493 e. The third kappa shape index (κ3) is 4.81. The monoisotopic (exact) mass is 499 g/mol. The average molecular weight is 500 g/mol. The summed E-state index contributed by atoms with van der Waals surface area (Å²) in [6.07, 6.45) is 3.57. The zero-order valence-electron chi connectivity index (χ0n) is 21.8. The van der Waals surface area contributed by atoms with E-state index < -0.39 is 0 Å². The maximum absolute atomic E-state index is 13.6. The van der Waals surface area contributed by atoms with Gasteiger partial charge in [-0.3, -0.25) is 4.79 Å². The van der Waals surface area contributed by atoms with Crippen LogP contribution >= 0.6 is 0 Å². The molecule has 1 fully saturated rings. The smallest absolute Gasteiger partial charge is 0.254 e. The minimum atomic E-state index is -0.233. The van der Waals surface area contributed by atoms with Crippen LogP contribution in [-0.2, 0) is 11.3 Å². The van der Waals surface area contributed by atoms with Crippen LogP contribution in [0, 0.1) is 20.8 Å². The Hall–Kier alpha value is -3.78. The molecular weight excluding hydrogens is 466 g/mol. The summed E-state index contributed by atoms with van der Waals surface area (Å²) in [7, 11) is 0. The summed E-state index contributed by atoms with van der Waals surface area (Å²) in [4.78, 5) is 27.5. The molecule has 37 heavy (non-hydrogen) atoms. The van der Waals surface area contributed by atoms with Gasteiger partial charge in [0.15, 0.2) is 0 Å². The van der Waals surface area contributed by atoms with E-state index in [4.69, 9.17) is 14.7 Å². The van der Waals surface area contributed by atoms with Crippen molar-refractivity contribution in [2.45, 2.75) is 59.0 Å². The highest BCUT2D eigenvalue weighted by molar-refractivity contribution is 6.07. The van der Waals surface area contributed by atoms with Crippen molar-refractivity contribution in [1.29, 1.82) is 0 Å². The van der Waals surface area contributed by atoms with Gasteiger partial charge in [0, 0.05) is 48.8 Å². The molecule has 0 aliphatic carbocycles. The molecule has 1 amide bonds. The number of aromatic hydroxyl groups is 1. The minimum absolute atomic E-state index is 0.0322. The molecule has 1 aromatic carbocycles. The van der Waals surface area contributed by atoms with E-state index in [0.29, 0.717) is 24.3 Å². The Bertz CT molecular complexity index is 1420. The van der Waals surface area contributed by atoms with Crippen molar-refractivity contribution in [3.05, 3.63) is 82.1 Å². The lowest BCUT2D eigenvalue weighted by atomic mass is 9.99. The first-order valence-corrected chi connectivity index (χ1v) is 12.8. The molecule has 192 valence electrons. The van der Waals surface area contributed by atoms with Gasteiger partial charge < -0.3 is 19.7 Å². The van der Waals surface area contributed by atoms with Gasteiger partial charge in [-0.1, -0.05) is 30.3 Å². The fourth-order valence-electron chi connectivity index (χ4n) is 5.33. The van der Waals surface area contributed by atoms with Gasteiger partial charge in [-0.2, -0.15) is 0 Å². The molecule has 0 spiro atoms. The Morgan fingerprint density at radius 3 is 2.59 bits per heavy atom. The fourth-order valence-corrected chi connectivity index (χ4v) is 5.33. The first-order chi connectivity index (χ1) is 17.8. The SMILES string of the molecule is Cc1cc(C)c(CNC(=O)c2c(C)n(C(C)c3ccccc3)c3nc(C4CCOCC4)ncc23)c(O)n1. The van der Waals surface area contributed by atoms with Crippen LogP contribution in [0.4, 0.5) is 0 Å². The van der Waals surface area contributed by atoms with Crippen LogP contribution in [0.3, 0.4) is 0 Å². The first-order valence-electron chi connectivity index (χ1n) is 12.8. The predicted molar refractivity (Wildman–Crippen MR) is 142 cm³/mol. The number of nitrogens with one attached hydrogen (secondary N) is 1. The Balaban J connectivity index is 1.56. The maximum atomic E-state index is 13.6. The molecule has 1 atom stereocenters. The number of aromatic nitrogens is 4. The highest BCUT2D eigenvalue weighted by Crippen LogP contribution is 2.33. The number of ether oxygens (including phenoxy) is 1. The molecule has 0 radical (unpaired) electrons. The zero-order chi connectivity index (χ0) is 26.1. The number of aryl methyl sites for hydroxylation is 2. The van der Waals surface area contributed by atoms with E-state index in [0.717, 1.165) is 52.2 Å². The van der Waals surface area contributed by atoms with Gasteiger partial charge in [0.25, 0.3) is 5.91 Å². The lowest BCUT2D eigenvalue weighted by Gasteiger charge is -2.21. The topological polar surface area (TPSA) is 102 Å². The second kappa shape index (κ2) is 10.3. The molecule has 5 rings (SSSR count). The van der Waals surface area contributed by atoms with Crippen LogP contribution in [0.1, 0.15) is 76.0 Å². The summed E-state index contributed by atoms with van der Waals surface area (Å²) in [5.41, 5.74) is 5.48. The van der Waals surface area contributed by atoms with E-state index in [9.17, 15) is 9.90 Å². The van der Waals surface area contributed by atoms with E-state index in [1.807, 2.05) is 45.0 Å². The highest BCUT2D eigenvalue weighted by atomic mass is 16.5. The number of benzene rings is 1. The van der Waals surface area contributed by atoms with Gasteiger partial charge in [-0.25, -0.2) is 15.0 Å². The molecule has 8 nitrogen and oxygen atoms in total. The van der Waals surface area contributed by atoms with Crippen LogP contribution in [0.25, 0.3) is 11.0 Å². The number of carbonyl (C=O) groups excluding carboxylic acids is 1. The number of hydrogen-bond acceptors (Lipinski definition) is 6. The summed E-state index contributed by atoms with van der Waals surface area (Å²) in [6, 6.07) is 12.1. The summed E-state index contributed by atoms with van der Waals surface area (Å²) in [5, 5.41) is 14.1. The molecule has 4 heterocycles. The van der Waals surface area contributed by atoms with Crippen LogP contribution in [0.5, 0.6) is 5.88 Å². The van der Waals surface area contributed by atoms with E-state index in [2.05, 4.69) is 33.9 Å². The number of hydrogen-bond donors (Lipinski definition) is 2. The third-order valence-electron chi connectivity index (χ3n) is 7.37.